The number of Topliss-reactive ketones (excluding diaryl/α,β-unsaturated/α-hetero) is 1. The van der Waals surface area contributed by atoms with Crippen molar-refractivity contribution in [2.45, 2.75) is 72.1 Å². The average molecular weight is 369 g/mol. The first-order chi connectivity index (χ1) is 12.4. The van der Waals surface area contributed by atoms with E-state index in [0.717, 1.165) is 23.1 Å². The molecule has 1 fully saturated rings. The molecule has 0 aliphatic heterocycles. The SMILES string of the molecule is CCc1sc(CC(=O)Cc2cc(C)c(O)c(C)c2)c2c1CC1(CC2)CC1. The summed E-state index contributed by atoms with van der Waals surface area (Å²) in [7, 11) is 0. The van der Waals surface area contributed by atoms with Gasteiger partial charge in [-0.3, -0.25) is 4.79 Å². The number of phenols is 1. The lowest BCUT2D eigenvalue weighted by Crippen LogP contribution is -2.16. The van der Waals surface area contributed by atoms with Gasteiger partial charge in [-0.1, -0.05) is 19.1 Å². The van der Waals surface area contributed by atoms with Gasteiger partial charge >= 0.3 is 0 Å². The van der Waals surface area contributed by atoms with Crippen LogP contribution in [0.3, 0.4) is 0 Å². The minimum atomic E-state index is 0.285. The fraction of sp³-hybridized carbons (Fsp3) is 0.522. The second-order valence-corrected chi connectivity index (χ2v) is 9.60. The van der Waals surface area contributed by atoms with E-state index < -0.39 is 0 Å². The fourth-order valence-electron chi connectivity index (χ4n) is 4.61. The topological polar surface area (TPSA) is 37.3 Å². The highest BCUT2D eigenvalue weighted by Gasteiger charge is 2.45. The van der Waals surface area contributed by atoms with Gasteiger partial charge in [-0.05, 0) is 85.6 Å². The van der Waals surface area contributed by atoms with Gasteiger partial charge in [0.15, 0.2) is 0 Å². The van der Waals surface area contributed by atoms with Crippen LogP contribution < -0.4 is 0 Å². The van der Waals surface area contributed by atoms with Crippen molar-refractivity contribution in [3.63, 3.8) is 0 Å². The summed E-state index contributed by atoms with van der Waals surface area (Å²) in [5.41, 5.74) is 6.45. The number of benzene rings is 1. The molecule has 0 atom stereocenters. The summed E-state index contributed by atoms with van der Waals surface area (Å²) in [6, 6.07) is 3.89. The second-order valence-electron chi connectivity index (χ2n) is 8.41. The van der Waals surface area contributed by atoms with Crippen LogP contribution in [0.2, 0.25) is 0 Å². The summed E-state index contributed by atoms with van der Waals surface area (Å²) in [6.45, 7) is 6.04. The van der Waals surface area contributed by atoms with E-state index in [1.54, 1.807) is 5.56 Å². The fourth-order valence-corrected chi connectivity index (χ4v) is 5.95. The summed E-state index contributed by atoms with van der Waals surface area (Å²) in [6.07, 6.45) is 8.67. The molecule has 26 heavy (non-hydrogen) atoms. The van der Waals surface area contributed by atoms with Gasteiger partial charge in [0.2, 0.25) is 0 Å². The van der Waals surface area contributed by atoms with Gasteiger partial charge in [0.1, 0.15) is 11.5 Å². The molecule has 2 aromatic rings. The maximum Gasteiger partial charge on any atom is 0.142 e. The number of carbonyl (C=O) groups excluding carboxylic acids is 1. The third kappa shape index (κ3) is 3.22. The van der Waals surface area contributed by atoms with Crippen LogP contribution in [0.1, 0.15) is 63.8 Å². The Bertz CT molecular complexity index is 848. The van der Waals surface area contributed by atoms with E-state index in [1.807, 2.05) is 37.3 Å². The zero-order chi connectivity index (χ0) is 18.5. The standard InChI is InChI=1S/C23H28O2S/c1-4-20-19-13-23(7-8-23)6-5-18(19)21(26-20)12-17(24)11-16-9-14(2)22(25)15(3)10-16/h9-10,25H,4-8,11-13H2,1-3H3. The Morgan fingerprint density at radius 3 is 2.38 bits per heavy atom. The van der Waals surface area contributed by atoms with Gasteiger partial charge in [0.25, 0.3) is 0 Å². The number of phenolic OH excluding ortho intramolecular Hbond substituents is 1. The Balaban J connectivity index is 1.52. The van der Waals surface area contributed by atoms with Crippen LogP contribution in [0, 0.1) is 19.3 Å². The Morgan fingerprint density at radius 2 is 1.77 bits per heavy atom. The number of hydrogen-bond donors (Lipinski definition) is 1. The predicted molar refractivity (Wildman–Crippen MR) is 107 cm³/mol. The minimum absolute atomic E-state index is 0.285. The first-order valence-corrected chi connectivity index (χ1v) is 10.7. The van der Waals surface area contributed by atoms with Crippen LogP contribution in [-0.4, -0.2) is 10.9 Å². The number of hydrogen-bond acceptors (Lipinski definition) is 3. The van der Waals surface area contributed by atoms with E-state index in [-0.39, 0.29) is 5.78 Å². The number of carbonyl (C=O) groups is 1. The van der Waals surface area contributed by atoms with Crippen LogP contribution in [0.5, 0.6) is 5.75 Å². The molecule has 2 nitrogen and oxygen atoms in total. The largest absolute Gasteiger partial charge is 0.507 e. The molecule has 0 amide bonds. The number of aromatic hydroxyl groups is 1. The molecule has 0 bridgehead atoms. The first-order valence-electron chi connectivity index (χ1n) is 9.84. The van der Waals surface area contributed by atoms with Crippen molar-refractivity contribution in [1.29, 1.82) is 0 Å². The molecule has 0 saturated heterocycles. The molecule has 1 saturated carbocycles. The van der Waals surface area contributed by atoms with Crippen molar-refractivity contribution in [1.82, 2.24) is 0 Å². The summed E-state index contributed by atoms with van der Waals surface area (Å²) < 4.78 is 0. The molecule has 2 aliphatic rings. The lowest BCUT2D eigenvalue weighted by molar-refractivity contribution is -0.117. The molecule has 138 valence electrons. The molecular formula is C23H28O2S. The molecule has 3 heteroatoms. The number of aryl methyl sites for hydroxylation is 3. The molecule has 1 aromatic carbocycles. The molecule has 1 N–H and O–H groups in total. The van der Waals surface area contributed by atoms with Gasteiger partial charge < -0.3 is 5.11 Å². The van der Waals surface area contributed by atoms with Gasteiger partial charge in [-0.2, -0.15) is 0 Å². The Morgan fingerprint density at radius 1 is 1.08 bits per heavy atom. The Kier molecular flexibility index (Phi) is 4.46. The smallest absolute Gasteiger partial charge is 0.142 e. The lowest BCUT2D eigenvalue weighted by atomic mass is 9.81. The lowest BCUT2D eigenvalue weighted by Gasteiger charge is -2.23. The highest BCUT2D eigenvalue weighted by Crippen LogP contribution is 2.56. The van der Waals surface area contributed by atoms with Gasteiger partial charge in [-0.25, -0.2) is 0 Å². The molecule has 1 spiro atoms. The molecule has 0 radical (unpaired) electrons. The first kappa shape index (κ1) is 17.8. The Hall–Kier alpha value is -1.61. The molecule has 2 aliphatic carbocycles. The number of fused-ring (bicyclic) bond motifs is 1. The monoisotopic (exact) mass is 368 g/mol. The summed E-state index contributed by atoms with van der Waals surface area (Å²) in [4.78, 5) is 15.6. The summed E-state index contributed by atoms with van der Waals surface area (Å²) >= 11 is 1.89. The van der Waals surface area contributed by atoms with Crippen LogP contribution in [0.4, 0.5) is 0 Å². The maximum absolute atomic E-state index is 12.8. The summed E-state index contributed by atoms with van der Waals surface area (Å²) in [5, 5.41) is 9.93. The highest BCUT2D eigenvalue weighted by atomic mass is 32.1. The quantitative estimate of drug-likeness (QED) is 0.782. The van der Waals surface area contributed by atoms with Crippen LogP contribution in [0.15, 0.2) is 12.1 Å². The molecular weight excluding hydrogens is 340 g/mol. The van der Waals surface area contributed by atoms with Crippen molar-refractivity contribution < 1.29 is 9.90 Å². The number of ketones is 1. The van der Waals surface area contributed by atoms with Crippen LogP contribution in [-0.2, 0) is 36.9 Å². The number of rotatable bonds is 5. The van der Waals surface area contributed by atoms with Crippen molar-refractivity contribution in [3.05, 3.63) is 49.7 Å². The van der Waals surface area contributed by atoms with E-state index in [9.17, 15) is 9.90 Å². The Labute approximate surface area is 160 Å². The van der Waals surface area contributed by atoms with Crippen molar-refractivity contribution in [3.8, 4) is 5.75 Å². The van der Waals surface area contributed by atoms with Crippen molar-refractivity contribution in [2.24, 2.45) is 5.41 Å². The van der Waals surface area contributed by atoms with Gasteiger partial charge in [-0.15, -0.1) is 11.3 Å². The van der Waals surface area contributed by atoms with E-state index >= 15 is 0 Å². The van der Waals surface area contributed by atoms with E-state index in [4.69, 9.17) is 0 Å². The molecule has 1 aromatic heterocycles. The van der Waals surface area contributed by atoms with Crippen molar-refractivity contribution in [2.75, 3.05) is 0 Å². The summed E-state index contributed by atoms with van der Waals surface area (Å²) in [5.74, 6) is 0.628. The van der Waals surface area contributed by atoms with Crippen molar-refractivity contribution >= 4 is 17.1 Å². The average Bonchev–Trinajstić information content (AvgIpc) is 3.25. The molecule has 4 rings (SSSR count). The zero-order valence-electron chi connectivity index (χ0n) is 16.1. The molecule has 1 heterocycles. The van der Waals surface area contributed by atoms with Crippen LogP contribution in [0.25, 0.3) is 0 Å². The third-order valence-corrected chi connectivity index (χ3v) is 7.75. The van der Waals surface area contributed by atoms with Gasteiger partial charge in [0, 0.05) is 22.6 Å². The van der Waals surface area contributed by atoms with E-state index in [2.05, 4.69) is 6.92 Å². The molecule has 0 unspecified atom stereocenters. The predicted octanol–water partition coefficient (Wildman–Crippen LogP) is 5.26. The number of thiophene rings is 1. The maximum atomic E-state index is 12.8. The highest BCUT2D eigenvalue weighted by molar-refractivity contribution is 7.12. The minimum Gasteiger partial charge on any atom is -0.507 e. The normalized spacial score (nSPS) is 17.3. The van der Waals surface area contributed by atoms with Crippen LogP contribution >= 0.6 is 11.3 Å². The van der Waals surface area contributed by atoms with Gasteiger partial charge in [0.05, 0.1) is 0 Å². The van der Waals surface area contributed by atoms with E-state index in [1.165, 1.54) is 47.4 Å². The second kappa shape index (κ2) is 6.53. The third-order valence-electron chi connectivity index (χ3n) is 6.33. The van der Waals surface area contributed by atoms with E-state index in [0.29, 0.717) is 24.0 Å². The zero-order valence-corrected chi connectivity index (χ0v) is 16.9.